The summed E-state index contributed by atoms with van der Waals surface area (Å²) in [7, 11) is 3.95. The van der Waals surface area contributed by atoms with Crippen LogP contribution in [0.2, 0.25) is 5.15 Å². The third kappa shape index (κ3) is 2.67. The maximum Gasteiger partial charge on any atom is 0.161 e. The van der Waals surface area contributed by atoms with Gasteiger partial charge in [0.2, 0.25) is 0 Å². The first-order valence-corrected chi connectivity index (χ1v) is 6.83. The lowest BCUT2D eigenvalue weighted by Gasteiger charge is -2.12. The Balaban J connectivity index is 2.11. The zero-order valence-corrected chi connectivity index (χ0v) is 12.4. The van der Waals surface area contributed by atoms with Gasteiger partial charge in [0.25, 0.3) is 0 Å². The summed E-state index contributed by atoms with van der Waals surface area (Å²) in [5, 5.41) is 0.971. The van der Waals surface area contributed by atoms with Crippen molar-refractivity contribution in [1.82, 2.24) is 9.97 Å². The average molecular weight is 302 g/mol. The van der Waals surface area contributed by atoms with Crippen molar-refractivity contribution in [2.45, 2.75) is 0 Å². The molecule has 106 valence electrons. The highest BCUT2D eigenvalue weighted by Crippen LogP contribution is 2.26. The van der Waals surface area contributed by atoms with Gasteiger partial charge >= 0.3 is 0 Å². The molecule has 1 heterocycles. The third-order valence-corrected chi connectivity index (χ3v) is 3.54. The summed E-state index contributed by atoms with van der Waals surface area (Å²) >= 11 is 6.16. The number of rotatable bonds is 2. The van der Waals surface area contributed by atoms with Crippen LogP contribution in [0.3, 0.4) is 0 Å². The largest absolute Gasteiger partial charge is 0.378 e. The smallest absolute Gasteiger partial charge is 0.161 e. The Kier molecular flexibility index (Phi) is 3.47. The van der Waals surface area contributed by atoms with Gasteiger partial charge in [-0.2, -0.15) is 0 Å². The first kappa shape index (κ1) is 13.8. The molecule has 0 aliphatic heterocycles. The van der Waals surface area contributed by atoms with Crippen LogP contribution in [-0.4, -0.2) is 24.1 Å². The van der Waals surface area contributed by atoms with Crippen molar-refractivity contribution in [2.75, 3.05) is 19.0 Å². The lowest BCUT2D eigenvalue weighted by molar-refractivity contribution is 0.629. The molecule has 0 N–H and O–H groups in total. The Morgan fingerprint density at radius 3 is 2.38 bits per heavy atom. The molecule has 3 nitrogen and oxygen atoms in total. The van der Waals surface area contributed by atoms with Crippen molar-refractivity contribution in [2.24, 2.45) is 0 Å². The van der Waals surface area contributed by atoms with Crippen molar-refractivity contribution in [3.63, 3.8) is 0 Å². The minimum absolute atomic E-state index is 0.326. The number of anilines is 1. The fourth-order valence-electron chi connectivity index (χ4n) is 2.10. The molecule has 0 fully saturated rings. The highest BCUT2D eigenvalue weighted by atomic mass is 35.5. The van der Waals surface area contributed by atoms with E-state index >= 15 is 0 Å². The molecule has 0 aliphatic carbocycles. The van der Waals surface area contributed by atoms with Gasteiger partial charge in [-0.3, -0.25) is 0 Å². The van der Waals surface area contributed by atoms with E-state index in [1.54, 1.807) is 6.07 Å². The number of aromatic nitrogens is 2. The number of fused-ring (bicyclic) bond motifs is 1. The van der Waals surface area contributed by atoms with Crippen LogP contribution < -0.4 is 4.90 Å². The maximum atomic E-state index is 13.3. The SMILES string of the molecule is CN(C)c1ccc(-c2nc(Cl)c3ccc(F)cc3n2)cc1. The van der Waals surface area contributed by atoms with E-state index in [1.165, 1.54) is 12.1 Å². The van der Waals surface area contributed by atoms with Gasteiger partial charge in [-0.1, -0.05) is 11.6 Å². The molecular formula is C16H13ClFN3. The van der Waals surface area contributed by atoms with E-state index in [2.05, 4.69) is 9.97 Å². The zero-order chi connectivity index (χ0) is 15.0. The molecular weight excluding hydrogens is 289 g/mol. The molecule has 0 aliphatic rings. The first-order valence-electron chi connectivity index (χ1n) is 6.45. The first-order chi connectivity index (χ1) is 10.0. The third-order valence-electron chi connectivity index (χ3n) is 3.25. The van der Waals surface area contributed by atoms with Crippen molar-refractivity contribution in [3.05, 3.63) is 53.4 Å². The Hall–Kier alpha value is -2.20. The number of hydrogen-bond donors (Lipinski definition) is 0. The molecule has 2 aromatic carbocycles. The van der Waals surface area contributed by atoms with Gasteiger partial charge < -0.3 is 4.90 Å². The standard InChI is InChI=1S/C16H13ClFN3/c1-21(2)12-6-3-10(4-7-12)16-19-14-9-11(18)5-8-13(14)15(17)20-16/h3-9H,1-2H3. The maximum absolute atomic E-state index is 13.3. The van der Waals surface area contributed by atoms with Crippen molar-refractivity contribution in [3.8, 4) is 11.4 Å². The van der Waals surface area contributed by atoms with Crippen LogP contribution in [0.25, 0.3) is 22.3 Å². The van der Waals surface area contributed by atoms with Gasteiger partial charge in [0.05, 0.1) is 5.52 Å². The fourth-order valence-corrected chi connectivity index (χ4v) is 2.34. The molecule has 3 rings (SSSR count). The Morgan fingerprint density at radius 1 is 1.00 bits per heavy atom. The van der Waals surface area contributed by atoms with Gasteiger partial charge in [0.1, 0.15) is 11.0 Å². The van der Waals surface area contributed by atoms with E-state index < -0.39 is 0 Å². The number of halogens is 2. The summed E-state index contributed by atoms with van der Waals surface area (Å²) in [4.78, 5) is 10.7. The van der Waals surface area contributed by atoms with Crippen LogP contribution in [0.5, 0.6) is 0 Å². The highest BCUT2D eigenvalue weighted by Gasteiger charge is 2.09. The van der Waals surface area contributed by atoms with Crippen LogP contribution >= 0.6 is 11.6 Å². The van der Waals surface area contributed by atoms with E-state index in [-0.39, 0.29) is 5.82 Å². The van der Waals surface area contributed by atoms with Crippen LogP contribution in [0.1, 0.15) is 0 Å². The topological polar surface area (TPSA) is 29.0 Å². The number of hydrogen-bond acceptors (Lipinski definition) is 3. The van der Waals surface area contributed by atoms with E-state index in [0.29, 0.717) is 21.9 Å². The fraction of sp³-hybridized carbons (Fsp3) is 0.125. The predicted octanol–water partition coefficient (Wildman–Crippen LogP) is 4.16. The molecule has 3 aromatic rings. The molecule has 1 aromatic heterocycles. The van der Waals surface area contributed by atoms with Crippen molar-refractivity contribution in [1.29, 1.82) is 0 Å². The molecule has 21 heavy (non-hydrogen) atoms. The highest BCUT2D eigenvalue weighted by molar-refractivity contribution is 6.34. The monoisotopic (exact) mass is 301 g/mol. The molecule has 0 radical (unpaired) electrons. The molecule has 0 unspecified atom stereocenters. The van der Waals surface area contributed by atoms with Crippen LogP contribution in [0.15, 0.2) is 42.5 Å². The van der Waals surface area contributed by atoms with E-state index in [0.717, 1.165) is 11.3 Å². The summed E-state index contributed by atoms with van der Waals surface area (Å²) in [5.41, 5.74) is 2.42. The average Bonchev–Trinajstić information content (AvgIpc) is 2.46. The Bertz CT molecular complexity index is 800. The van der Waals surface area contributed by atoms with E-state index in [1.807, 2.05) is 43.3 Å². The summed E-state index contributed by atoms with van der Waals surface area (Å²) in [6.07, 6.45) is 0. The number of nitrogens with zero attached hydrogens (tertiary/aromatic N) is 3. The van der Waals surface area contributed by atoms with Gasteiger partial charge in [0, 0.05) is 36.8 Å². The summed E-state index contributed by atoms with van der Waals surface area (Å²) < 4.78 is 13.3. The lowest BCUT2D eigenvalue weighted by atomic mass is 10.1. The second-order valence-corrected chi connectivity index (χ2v) is 5.30. The molecule has 0 saturated heterocycles. The van der Waals surface area contributed by atoms with Gasteiger partial charge in [-0.25, -0.2) is 14.4 Å². The summed E-state index contributed by atoms with van der Waals surface area (Å²) in [6, 6.07) is 12.1. The molecule has 0 spiro atoms. The molecule has 0 saturated carbocycles. The summed E-state index contributed by atoms with van der Waals surface area (Å²) in [5.74, 6) is 0.148. The lowest BCUT2D eigenvalue weighted by Crippen LogP contribution is -2.08. The molecule has 5 heteroatoms. The van der Waals surface area contributed by atoms with Crippen LogP contribution in [0, 0.1) is 5.82 Å². The minimum Gasteiger partial charge on any atom is -0.378 e. The van der Waals surface area contributed by atoms with Crippen molar-refractivity contribution >= 4 is 28.2 Å². The molecule has 0 amide bonds. The summed E-state index contributed by atoms with van der Waals surface area (Å²) in [6.45, 7) is 0. The predicted molar refractivity (Wildman–Crippen MR) is 84.3 cm³/mol. The quantitative estimate of drug-likeness (QED) is 0.666. The minimum atomic E-state index is -0.342. The van der Waals surface area contributed by atoms with E-state index in [4.69, 9.17) is 11.6 Å². The van der Waals surface area contributed by atoms with Gasteiger partial charge in [-0.15, -0.1) is 0 Å². The second kappa shape index (κ2) is 5.30. The Labute approximate surface area is 127 Å². The van der Waals surface area contributed by atoms with Gasteiger partial charge in [-0.05, 0) is 36.4 Å². The van der Waals surface area contributed by atoms with Gasteiger partial charge in [0.15, 0.2) is 5.82 Å². The number of benzene rings is 2. The zero-order valence-electron chi connectivity index (χ0n) is 11.6. The normalized spacial score (nSPS) is 10.9. The van der Waals surface area contributed by atoms with Crippen LogP contribution in [-0.2, 0) is 0 Å². The Morgan fingerprint density at radius 2 is 1.71 bits per heavy atom. The van der Waals surface area contributed by atoms with Crippen LogP contribution in [0.4, 0.5) is 10.1 Å². The second-order valence-electron chi connectivity index (χ2n) is 4.94. The molecule has 0 bridgehead atoms. The van der Waals surface area contributed by atoms with E-state index in [9.17, 15) is 4.39 Å². The molecule has 0 atom stereocenters. The van der Waals surface area contributed by atoms with Crippen molar-refractivity contribution < 1.29 is 4.39 Å².